The third-order valence-electron chi connectivity index (χ3n) is 4.27. The van der Waals surface area contributed by atoms with Crippen LogP contribution in [0.1, 0.15) is 20.8 Å². The summed E-state index contributed by atoms with van der Waals surface area (Å²) in [5.41, 5.74) is 0.449. The van der Waals surface area contributed by atoms with E-state index in [1.54, 1.807) is 24.3 Å². The number of nitrogens with one attached hydrogen (secondary N) is 1. The van der Waals surface area contributed by atoms with Crippen molar-refractivity contribution in [2.45, 2.75) is 12.7 Å². The van der Waals surface area contributed by atoms with E-state index in [-0.39, 0.29) is 27.2 Å². The zero-order valence-corrected chi connectivity index (χ0v) is 18.5. The molecule has 3 aromatic rings. The van der Waals surface area contributed by atoms with E-state index in [1.165, 1.54) is 18.2 Å². The zero-order valence-electron chi connectivity index (χ0n) is 16.1. The first-order valence-corrected chi connectivity index (χ1v) is 10.6. The second-order valence-corrected chi connectivity index (χ2v) is 8.29. The number of ether oxygens (including phenoxy) is 1. The molecule has 0 spiro atoms. The standard InChI is InChI=1S/C21H15BrF3NO5S/c22-16-17(31-10-15(27)28)19(20(29)30)32-18(16)11-5-3-6-13(8-11)26-9-12-4-1-2-7-14(12)21(23,24)25/h1-8,26H,9-10H2,(H,27,28)(H,29,30). The van der Waals surface area contributed by atoms with E-state index >= 15 is 0 Å². The van der Waals surface area contributed by atoms with Gasteiger partial charge in [0.2, 0.25) is 0 Å². The largest absolute Gasteiger partial charge is 0.479 e. The normalized spacial score (nSPS) is 11.2. The molecule has 0 aliphatic rings. The molecule has 3 N–H and O–H groups in total. The number of hydrogen-bond acceptors (Lipinski definition) is 5. The maximum Gasteiger partial charge on any atom is 0.416 e. The van der Waals surface area contributed by atoms with Crippen molar-refractivity contribution >= 4 is 44.9 Å². The summed E-state index contributed by atoms with van der Waals surface area (Å²) >= 11 is 4.16. The van der Waals surface area contributed by atoms with E-state index < -0.39 is 30.3 Å². The summed E-state index contributed by atoms with van der Waals surface area (Å²) in [6.45, 7) is -0.784. The first-order chi connectivity index (χ1) is 15.1. The second kappa shape index (κ2) is 9.61. The Labute approximate surface area is 192 Å². The molecule has 0 aliphatic heterocycles. The number of carboxylic acid groups (broad SMARTS) is 2. The van der Waals surface area contributed by atoms with Gasteiger partial charge in [-0.2, -0.15) is 13.2 Å². The molecule has 0 saturated carbocycles. The Bertz CT molecular complexity index is 1160. The minimum absolute atomic E-state index is 0.0713. The van der Waals surface area contributed by atoms with Crippen LogP contribution in [0.15, 0.2) is 53.0 Å². The summed E-state index contributed by atoms with van der Waals surface area (Å²) in [6.07, 6.45) is -4.47. The number of hydrogen-bond donors (Lipinski definition) is 3. The molecule has 0 fully saturated rings. The summed E-state index contributed by atoms with van der Waals surface area (Å²) in [5.74, 6) is -2.64. The first kappa shape index (κ1) is 23.6. The molecule has 1 heterocycles. The average molecular weight is 530 g/mol. The van der Waals surface area contributed by atoms with Gasteiger partial charge >= 0.3 is 18.1 Å². The van der Waals surface area contributed by atoms with Gasteiger partial charge in [-0.25, -0.2) is 9.59 Å². The number of carbonyl (C=O) groups is 2. The monoisotopic (exact) mass is 529 g/mol. The number of aliphatic carboxylic acids is 1. The number of benzene rings is 2. The Balaban J connectivity index is 1.88. The van der Waals surface area contributed by atoms with Crippen molar-refractivity contribution < 1.29 is 37.7 Å². The van der Waals surface area contributed by atoms with Crippen LogP contribution in [-0.4, -0.2) is 28.8 Å². The fourth-order valence-electron chi connectivity index (χ4n) is 2.90. The quantitative estimate of drug-likeness (QED) is 0.332. The Morgan fingerprint density at radius 3 is 2.47 bits per heavy atom. The second-order valence-electron chi connectivity index (χ2n) is 6.48. The third-order valence-corrected chi connectivity index (χ3v) is 6.50. The minimum Gasteiger partial charge on any atom is -0.479 e. The lowest BCUT2D eigenvalue weighted by Gasteiger charge is -2.14. The minimum atomic E-state index is -4.47. The highest BCUT2D eigenvalue weighted by atomic mass is 79.9. The molecule has 11 heteroatoms. The van der Waals surface area contributed by atoms with Gasteiger partial charge in [-0.15, -0.1) is 11.3 Å². The fraction of sp³-hybridized carbons (Fsp3) is 0.143. The molecule has 3 rings (SSSR count). The zero-order chi connectivity index (χ0) is 23.5. The SMILES string of the molecule is O=C(O)COc1c(C(=O)O)sc(-c2cccc(NCc3ccccc3C(F)(F)F)c2)c1Br. The lowest BCUT2D eigenvalue weighted by atomic mass is 10.1. The van der Waals surface area contributed by atoms with Gasteiger partial charge in [0.25, 0.3) is 0 Å². The van der Waals surface area contributed by atoms with Gasteiger partial charge in [-0.1, -0.05) is 30.3 Å². The number of thiophene rings is 1. The van der Waals surface area contributed by atoms with E-state index in [9.17, 15) is 27.9 Å². The van der Waals surface area contributed by atoms with Crippen molar-refractivity contribution in [2.75, 3.05) is 11.9 Å². The van der Waals surface area contributed by atoms with Crippen LogP contribution in [0.3, 0.4) is 0 Å². The molecule has 0 atom stereocenters. The molecule has 0 aliphatic carbocycles. The summed E-state index contributed by atoms with van der Waals surface area (Å²) in [5, 5.41) is 21.2. The van der Waals surface area contributed by atoms with Crippen molar-refractivity contribution in [3.05, 3.63) is 69.0 Å². The van der Waals surface area contributed by atoms with Crippen LogP contribution in [0.2, 0.25) is 0 Å². The van der Waals surface area contributed by atoms with Crippen LogP contribution in [0.4, 0.5) is 18.9 Å². The van der Waals surface area contributed by atoms with Gasteiger partial charge in [0.05, 0.1) is 14.9 Å². The Hall–Kier alpha value is -3.05. The smallest absolute Gasteiger partial charge is 0.416 e. The number of halogens is 4. The number of rotatable bonds is 8. The highest BCUT2D eigenvalue weighted by Crippen LogP contribution is 2.46. The number of aromatic carboxylic acids is 1. The molecule has 0 saturated heterocycles. The molecule has 32 heavy (non-hydrogen) atoms. The predicted molar refractivity (Wildman–Crippen MR) is 116 cm³/mol. The van der Waals surface area contributed by atoms with Gasteiger partial charge in [0.1, 0.15) is 0 Å². The van der Waals surface area contributed by atoms with Crippen LogP contribution < -0.4 is 10.1 Å². The summed E-state index contributed by atoms with van der Waals surface area (Å²) in [4.78, 5) is 22.7. The van der Waals surface area contributed by atoms with Crippen LogP contribution in [-0.2, 0) is 17.5 Å². The molecule has 1 aromatic heterocycles. The predicted octanol–water partition coefficient (Wildman–Crippen LogP) is 5.97. The van der Waals surface area contributed by atoms with E-state index in [4.69, 9.17) is 9.84 Å². The Kier molecular flexibility index (Phi) is 7.09. The molecule has 2 aromatic carbocycles. The van der Waals surface area contributed by atoms with Crippen LogP contribution >= 0.6 is 27.3 Å². The number of alkyl halides is 3. The van der Waals surface area contributed by atoms with E-state index in [0.717, 1.165) is 17.4 Å². The fourth-order valence-corrected chi connectivity index (χ4v) is 4.79. The van der Waals surface area contributed by atoms with Gasteiger partial charge in [-0.3, -0.25) is 0 Å². The number of carboxylic acids is 2. The summed E-state index contributed by atoms with van der Waals surface area (Å²) in [7, 11) is 0. The average Bonchev–Trinajstić information content (AvgIpc) is 3.07. The maximum absolute atomic E-state index is 13.2. The maximum atomic E-state index is 13.2. The Morgan fingerprint density at radius 2 is 1.81 bits per heavy atom. The summed E-state index contributed by atoms with van der Waals surface area (Å²) in [6, 6.07) is 11.9. The van der Waals surface area contributed by atoms with Crippen molar-refractivity contribution in [1.82, 2.24) is 0 Å². The Morgan fingerprint density at radius 1 is 1.09 bits per heavy atom. The lowest BCUT2D eigenvalue weighted by Crippen LogP contribution is -2.11. The van der Waals surface area contributed by atoms with Crippen LogP contribution in [0.5, 0.6) is 5.75 Å². The molecule has 0 unspecified atom stereocenters. The molecule has 0 radical (unpaired) electrons. The highest BCUT2D eigenvalue weighted by Gasteiger charge is 2.32. The van der Waals surface area contributed by atoms with Crippen molar-refractivity contribution in [1.29, 1.82) is 0 Å². The van der Waals surface area contributed by atoms with E-state index in [1.807, 2.05) is 0 Å². The molecule has 168 valence electrons. The topological polar surface area (TPSA) is 95.9 Å². The number of anilines is 1. The van der Waals surface area contributed by atoms with E-state index in [2.05, 4.69) is 21.2 Å². The van der Waals surface area contributed by atoms with Crippen LogP contribution in [0, 0.1) is 0 Å². The van der Waals surface area contributed by atoms with Crippen LogP contribution in [0.25, 0.3) is 10.4 Å². The van der Waals surface area contributed by atoms with E-state index in [0.29, 0.717) is 16.1 Å². The lowest BCUT2D eigenvalue weighted by molar-refractivity contribution is -0.139. The van der Waals surface area contributed by atoms with Gasteiger partial charge < -0.3 is 20.3 Å². The molecular weight excluding hydrogens is 515 g/mol. The molecule has 6 nitrogen and oxygen atoms in total. The van der Waals surface area contributed by atoms with Crippen molar-refractivity contribution in [2.24, 2.45) is 0 Å². The van der Waals surface area contributed by atoms with Gasteiger partial charge in [0, 0.05) is 12.2 Å². The van der Waals surface area contributed by atoms with Crippen molar-refractivity contribution in [3.8, 4) is 16.2 Å². The molecule has 0 bridgehead atoms. The highest BCUT2D eigenvalue weighted by molar-refractivity contribution is 9.10. The molecular formula is C21H15BrF3NO5S. The summed E-state index contributed by atoms with van der Waals surface area (Å²) < 4.78 is 45.0. The van der Waals surface area contributed by atoms with Gasteiger partial charge in [0.15, 0.2) is 17.2 Å². The third kappa shape index (κ3) is 5.40. The van der Waals surface area contributed by atoms with Crippen molar-refractivity contribution in [3.63, 3.8) is 0 Å². The first-order valence-electron chi connectivity index (χ1n) is 8.97. The molecule has 0 amide bonds. The van der Waals surface area contributed by atoms with Gasteiger partial charge in [-0.05, 0) is 45.3 Å².